The highest BCUT2D eigenvalue weighted by Crippen LogP contribution is 2.05. The van der Waals surface area contributed by atoms with Gasteiger partial charge in [-0.2, -0.15) is 0 Å². The number of benzene rings is 1. The lowest BCUT2D eigenvalue weighted by molar-refractivity contribution is 0.839. The minimum absolute atomic E-state index is 0.129. The number of rotatable bonds is 4. The van der Waals surface area contributed by atoms with Crippen LogP contribution in [0.4, 0.5) is 5.82 Å². The second-order valence-electron chi connectivity index (χ2n) is 4.07. The molecule has 0 aliphatic carbocycles. The number of hydrogen-bond acceptors (Lipinski definition) is 4. The van der Waals surface area contributed by atoms with Crippen molar-refractivity contribution in [3.05, 3.63) is 58.1 Å². The van der Waals surface area contributed by atoms with E-state index in [1.54, 1.807) is 19.4 Å². The number of hydrogen-bond donors (Lipinski definition) is 2. The summed E-state index contributed by atoms with van der Waals surface area (Å²) in [4.78, 5) is 15.7. The molecule has 0 fully saturated rings. The van der Waals surface area contributed by atoms with Crippen molar-refractivity contribution in [1.29, 1.82) is 0 Å². The molecule has 0 saturated heterocycles. The van der Waals surface area contributed by atoms with Crippen LogP contribution in [-0.2, 0) is 20.1 Å². The predicted molar refractivity (Wildman–Crippen MR) is 71.1 cm³/mol. The van der Waals surface area contributed by atoms with Crippen molar-refractivity contribution >= 4 is 5.82 Å². The summed E-state index contributed by atoms with van der Waals surface area (Å²) in [6.45, 7) is 1.10. The fraction of sp³-hybridized carbons (Fsp3) is 0.231. The van der Waals surface area contributed by atoms with Crippen LogP contribution in [-0.4, -0.2) is 9.55 Å². The van der Waals surface area contributed by atoms with Crippen molar-refractivity contribution in [3.8, 4) is 0 Å². The van der Waals surface area contributed by atoms with E-state index < -0.39 is 0 Å². The first kappa shape index (κ1) is 12.3. The van der Waals surface area contributed by atoms with Gasteiger partial charge in [0.15, 0.2) is 5.82 Å². The van der Waals surface area contributed by atoms with Crippen molar-refractivity contribution in [2.24, 2.45) is 12.8 Å². The van der Waals surface area contributed by atoms with E-state index >= 15 is 0 Å². The van der Waals surface area contributed by atoms with Crippen LogP contribution in [0.25, 0.3) is 0 Å². The van der Waals surface area contributed by atoms with Crippen LogP contribution in [0, 0.1) is 0 Å². The van der Waals surface area contributed by atoms with Crippen LogP contribution in [0.3, 0.4) is 0 Å². The zero-order chi connectivity index (χ0) is 13.0. The van der Waals surface area contributed by atoms with Gasteiger partial charge in [-0.3, -0.25) is 4.79 Å². The predicted octanol–water partition coefficient (Wildman–Crippen LogP) is 0.851. The van der Waals surface area contributed by atoms with Gasteiger partial charge < -0.3 is 15.6 Å². The third-order valence-electron chi connectivity index (χ3n) is 2.74. The molecule has 0 atom stereocenters. The SMILES string of the molecule is Cn1ccnc(NCc2ccc(CN)cc2)c1=O. The Hall–Kier alpha value is -2.14. The van der Waals surface area contributed by atoms with Crippen LogP contribution < -0.4 is 16.6 Å². The molecule has 2 aromatic rings. The Balaban J connectivity index is 2.07. The number of aromatic nitrogens is 2. The van der Waals surface area contributed by atoms with Gasteiger partial charge in [-0.15, -0.1) is 0 Å². The summed E-state index contributed by atoms with van der Waals surface area (Å²) in [5, 5.41) is 3.03. The van der Waals surface area contributed by atoms with Crippen molar-refractivity contribution in [3.63, 3.8) is 0 Å². The van der Waals surface area contributed by atoms with E-state index in [0.29, 0.717) is 18.9 Å². The molecule has 5 nitrogen and oxygen atoms in total. The smallest absolute Gasteiger partial charge is 0.293 e. The molecule has 0 unspecified atom stereocenters. The third kappa shape index (κ3) is 2.75. The number of nitrogens with two attached hydrogens (primary N) is 1. The number of nitrogens with one attached hydrogen (secondary N) is 1. The molecule has 3 N–H and O–H groups in total. The van der Waals surface area contributed by atoms with Gasteiger partial charge in [-0.05, 0) is 11.1 Å². The van der Waals surface area contributed by atoms with Gasteiger partial charge in [-0.1, -0.05) is 24.3 Å². The molecule has 5 heteroatoms. The fourth-order valence-electron chi connectivity index (χ4n) is 1.60. The van der Waals surface area contributed by atoms with E-state index in [1.165, 1.54) is 4.57 Å². The van der Waals surface area contributed by atoms with Gasteiger partial charge in [0.25, 0.3) is 5.56 Å². The molecule has 0 aliphatic rings. The Morgan fingerprint density at radius 2 is 1.94 bits per heavy atom. The highest BCUT2D eigenvalue weighted by Gasteiger charge is 2.01. The summed E-state index contributed by atoms with van der Waals surface area (Å²) in [5.74, 6) is 0.364. The molecule has 94 valence electrons. The monoisotopic (exact) mass is 244 g/mol. The quantitative estimate of drug-likeness (QED) is 0.836. The van der Waals surface area contributed by atoms with Crippen LogP contribution in [0.2, 0.25) is 0 Å². The van der Waals surface area contributed by atoms with Gasteiger partial charge in [0.2, 0.25) is 0 Å². The average Bonchev–Trinajstić information content (AvgIpc) is 2.41. The van der Waals surface area contributed by atoms with E-state index in [-0.39, 0.29) is 5.56 Å². The Bertz CT molecular complexity index is 574. The van der Waals surface area contributed by atoms with Gasteiger partial charge in [0, 0.05) is 32.5 Å². The van der Waals surface area contributed by atoms with E-state index in [1.807, 2.05) is 24.3 Å². The van der Waals surface area contributed by atoms with Crippen molar-refractivity contribution in [2.75, 3.05) is 5.32 Å². The van der Waals surface area contributed by atoms with Gasteiger partial charge in [0.05, 0.1) is 0 Å². The zero-order valence-electron chi connectivity index (χ0n) is 10.3. The lowest BCUT2D eigenvalue weighted by Gasteiger charge is -2.06. The van der Waals surface area contributed by atoms with Crippen molar-refractivity contribution in [2.45, 2.75) is 13.1 Å². The normalized spacial score (nSPS) is 10.3. The Kier molecular flexibility index (Phi) is 3.74. The first-order valence-electron chi connectivity index (χ1n) is 5.74. The molecule has 0 saturated carbocycles. The minimum atomic E-state index is -0.129. The summed E-state index contributed by atoms with van der Waals surface area (Å²) in [7, 11) is 1.70. The minimum Gasteiger partial charge on any atom is -0.361 e. The molecule has 1 heterocycles. The average molecular weight is 244 g/mol. The highest BCUT2D eigenvalue weighted by molar-refractivity contribution is 5.33. The maximum Gasteiger partial charge on any atom is 0.293 e. The molecule has 18 heavy (non-hydrogen) atoms. The van der Waals surface area contributed by atoms with E-state index in [2.05, 4.69) is 10.3 Å². The van der Waals surface area contributed by atoms with Crippen LogP contribution in [0.15, 0.2) is 41.5 Å². The molecule has 0 radical (unpaired) electrons. The lowest BCUT2D eigenvalue weighted by Crippen LogP contribution is -2.21. The van der Waals surface area contributed by atoms with E-state index in [9.17, 15) is 4.79 Å². The third-order valence-corrected chi connectivity index (χ3v) is 2.74. The molecular weight excluding hydrogens is 228 g/mol. The molecule has 1 aromatic heterocycles. The topological polar surface area (TPSA) is 72.9 Å². The fourth-order valence-corrected chi connectivity index (χ4v) is 1.60. The lowest BCUT2D eigenvalue weighted by atomic mass is 10.1. The largest absolute Gasteiger partial charge is 0.361 e. The second kappa shape index (κ2) is 5.46. The van der Waals surface area contributed by atoms with Crippen molar-refractivity contribution < 1.29 is 0 Å². The summed E-state index contributed by atoms with van der Waals surface area (Å²) in [6, 6.07) is 7.94. The maximum absolute atomic E-state index is 11.7. The number of nitrogens with zero attached hydrogens (tertiary/aromatic N) is 2. The van der Waals surface area contributed by atoms with Gasteiger partial charge in [0.1, 0.15) is 0 Å². The van der Waals surface area contributed by atoms with Crippen LogP contribution in [0.5, 0.6) is 0 Å². The second-order valence-corrected chi connectivity index (χ2v) is 4.07. The summed E-state index contributed by atoms with van der Waals surface area (Å²) in [6.07, 6.45) is 3.23. The molecule has 0 aliphatic heterocycles. The summed E-state index contributed by atoms with van der Waals surface area (Å²) >= 11 is 0. The summed E-state index contributed by atoms with van der Waals surface area (Å²) < 4.78 is 1.49. The Labute approximate surface area is 105 Å². The molecule has 2 rings (SSSR count). The Morgan fingerprint density at radius 3 is 2.61 bits per heavy atom. The molecule has 0 bridgehead atoms. The van der Waals surface area contributed by atoms with Gasteiger partial charge >= 0.3 is 0 Å². The van der Waals surface area contributed by atoms with Crippen molar-refractivity contribution in [1.82, 2.24) is 9.55 Å². The molecule has 1 aromatic carbocycles. The molecule has 0 spiro atoms. The maximum atomic E-state index is 11.7. The van der Waals surface area contributed by atoms with E-state index in [4.69, 9.17) is 5.73 Å². The van der Waals surface area contributed by atoms with Crippen LogP contribution in [0.1, 0.15) is 11.1 Å². The standard InChI is InChI=1S/C13H16N4O/c1-17-7-6-15-12(13(17)18)16-9-11-4-2-10(8-14)3-5-11/h2-7H,8-9,14H2,1H3,(H,15,16). The first-order valence-corrected chi connectivity index (χ1v) is 5.74. The first-order chi connectivity index (χ1) is 8.70. The van der Waals surface area contributed by atoms with E-state index in [0.717, 1.165) is 11.1 Å². The van der Waals surface area contributed by atoms with Crippen LogP contribution >= 0.6 is 0 Å². The zero-order valence-corrected chi connectivity index (χ0v) is 10.3. The Morgan fingerprint density at radius 1 is 1.28 bits per heavy atom. The molecule has 0 amide bonds. The summed E-state index contributed by atoms with van der Waals surface area (Å²) in [5.41, 5.74) is 7.58. The number of anilines is 1. The number of aryl methyl sites for hydroxylation is 1. The van der Waals surface area contributed by atoms with Gasteiger partial charge in [-0.25, -0.2) is 4.98 Å². The highest BCUT2D eigenvalue weighted by atomic mass is 16.1. The molecular formula is C13H16N4O.